The predicted molar refractivity (Wildman–Crippen MR) is 235 cm³/mol. The predicted octanol–water partition coefficient (Wildman–Crippen LogP) is 9.22. The van der Waals surface area contributed by atoms with Crippen molar-refractivity contribution >= 4 is 39.1 Å². The number of aliphatic carboxylic acids is 1. The van der Waals surface area contributed by atoms with Gasteiger partial charge in [-0.25, -0.2) is 29.1 Å². The molecule has 4 aromatic carbocycles. The number of methoxy groups -OCH3 is 2. The molecule has 9 rings (SSSR count). The Morgan fingerprint density at radius 1 is 0.935 bits per heavy atom. The van der Waals surface area contributed by atoms with Crippen molar-refractivity contribution in [3.8, 4) is 50.3 Å². The number of halogens is 2. The minimum absolute atomic E-state index is 0.0662. The second-order valence-corrected chi connectivity index (χ2v) is 16.0. The smallest absolute Gasteiger partial charge is 0.345 e. The van der Waals surface area contributed by atoms with Crippen LogP contribution in [0, 0.1) is 12.7 Å². The van der Waals surface area contributed by atoms with Crippen LogP contribution in [0.1, 0.15) is 27.9 Å². The van der Waals surface area contributed by atoms with Gasteiger partial charge in [-0.1, -0.05) is 60.1 Å². The Bertz CT molecular complexity index is 2720. The van der Waals surface area contributed by atoms with Crippen LogP contribution in [-0.4, -0.2) is 82.6 Å². The van der Waals surface area contributed by atoms with Gasteiger partial charge >= 0.3 is 5.97 Å². The summed E-state index contributed by atoms with van der Waals surface area (Å²) in [4.78, 5) is 35.2. The largest absolute Gasteiger partial charge is 0.496 e. The zero-order valence-corrected chi connectivity index (χ0v) is 35.8. The van der Waals surface area contributed by atoms with Crippen LogP contribution >= 0.6 is 22.9 Å². The molecule has 318 valence electrons. The molecule has 0 spiro atoms. The first kappa shape index (κ1) is 42.7. The first-order valence-corrected chi connectivity index (χ1v) is 21.1. The van der Waals surface area contributed by atoms with Gasteiger partial charge in [0, 0.05) is 54.8 Å². The third kappa shape index (κ3) is 9.39. The number of benzene rings is 4. The molecule has 4 bridgehead atoms. The average Bonchev–Trinajstić information content (AvgIpc) is 3.67. The van der Waals surface area contributed by atoms with Crippen LogP contribution in [0.4, 0.5) is 4.39 Å². The van der Waals surface area contributed by atoms with Crippen molar-refractivity contribution in [3.63, 3.8) is 0 Å². The van der Waals surface area contributed by atoms with Gasteiger partial charge in [0.05, 0.1) is 43.6 Å². The Hall–Kier alpha value is -6.03. The molecule has 1 N–H and O–H groups in total. The quantitative estimate of drug-likeness (QED) is 0.111. The summed E-state index contributed by atoms with van der Waals surface area (Å²) in [5.41, 5.74) is 6.84. The van der Waals surface area contributed by atoms with E-state index >= 15 is 0 Å². The molecule has 0 saturated heterocycles. The number of carboxylic acids is 1. The number of fused-ring (bicyclic) bond motifs is 6. The van der Waals surface area contributed by atoms with Crippen LogP contribution in [-0.2, 0) is 40.4 Å². The number of aromatic nitrogens is 4. The van der Waals surface area contributed by atoms with Gasteiger partial charge in [-0.3, -0.25) is 4.90 Å². The molecule has 0 aliphatic carbocycles. The van der Waals surface area contributed by atoms with Crippen LogP contribution in [0.2, 0.25) is 5.02 Å². The Morgan fingerprint density at radius 3 is 2.58 bits per heavy atom. The highest BCUT2D eigenvalue weighted by molar-refractivity contribution is 7.22. The van der Waals surface area contributed by atoms with Crippen molar-refractivity contribution in [1.29, 1.82) is 0 Å². The van der Waals surface area contributed by atoms with Gasteiger partial charge in [-0.2, -0.15) is 0 Å². The summed E-state index contributed by atoms with van der Waals surface area (Å²) < 4.78 is 43.7. The number of thiophene rings is 1. The van der Waals surface area contributed by atoms with Gasteiger partial charge < -0.3 is 28.8 Å². The van der Waals surface area contributed by atoms with Gasteiger partial charge in [0.1, 0.15) is 35.1 Å². The third-order valence-electron chi connectivity index (χ3n) is 10.6. The molecule has 12 nitrogen and oxygen atoms in total. The third-order valence-corrected chi connectivity index (χ3v) is 12.2. The molecular weight excluding hydrogens is 833 g/mol. The summed E-state index contributed by atoms with van der Waals surface area (Å²) in [5, 5.41) is 11.9. The molecule has 2 aliphatic heterocycles. The van der Waals surface area contributed by atoms with E-state index in [4.69, 9.17) is 40.3 Å². The van der Waals surface area contributed by atoms with E-state index < -0.39 is 12.1 Å². The second-order valence-electron chi connectivity index (χ2n) is 14.7. The van der Waals surface area contributed by atoms with Gasteiger partial charge in [-0.15, -0.1) is 11.3 Å². The normalized spacial score (nSPS) is 14.2. The van der Waals surface area contributed by atoms with Crippen molar-refractivity contribution in [2.45, 2.75) is 39.1 Å². The molecule has 0 radical (unpaired) electrons. The highest BCUT2D eigenvalue weighted by Gasteiger charge is 2.29. The van der Waals surface area contributed by atoms with Crippen LogP contribution in [0.15, 0.2) is 97.5 Å². The number of rotatable bonds is 13. The van der Waals surface area contributed by atoms with Crippen molar-refractivity contribution < 1.29 is 38.0 Å². The maximum absolute atomic E-state index is 14.2. The zero-order chi connectivity index (χ0) is 43.2. The lowest BCUT2D eigenvalue weighted by Gasteiger charge is -2.25. The van der Waals surface area contributed by atoms with E-state index in [1.165, 1.54) is 29.8 Å². The first-order valence-electron chi connectivity index (χ1n) is 19.9. The fraction of sp³-hybridized carbons (Fsp3) is 0.255. The topological polar surface area (TPSA) is 138 Å². The number of carbonyl (C=O) groups is 1. The maximum atomic E-state index is 14.2. The van der Waals surface area contributed by atoms with E-state index in [2.05, 4.69) is 19.9 Å². The zero-order valence-electron chi connectivity index (χ0n) is 34.3. The molecule has 1 atom stereocenters. The molecular formula is C47H43ClFN5O7S. The number of hydrogen-bond acceptors (Lipinski definition) is 12. The lowest BCUT2D eigenvalue weighted by Crippen LogP contribution is -2.30. The fourth-order valence-corrected chi connectivity index (χ4v) is 8.85. The Balaban J connectivity index is 1.22. The van der Waals surface area contributed by atoms with E-state index in [9.17, 15) is 14.3 Å². The van der Waals surface area contributed by atoms with Crippen LogP contribution in [0.3, 0.4) is 0 Å². The standard InChI is InChI=1S/C47H43ClFN5O7S/c1-28-35-14-11-31(42(28)48)25-54(18-19-59-21-20-57-2)24-29-8-15-37(60-26-34-16-17-50-44(53-34)36-6-4-5-7-38(36)58-3)32(22-29)23-39(47(55)56)61-45-41-40(35)43(62-46(41)52-27-51-45)30-9-12-33(49)13-10-30/h4-17,22,27,39H,18-21,23-26H2,1-3H3,(H,55,56)/t39-/m1/s1. The Morgan fingerprint density at radius 2 is 1.77 bits per heavy atom. The van der Waals surface area contributed by atoms with Gasteiger partial charge in [-0.05, 0) is 76.7 Å². The van der Waals surface area contributed by atoms with Crippen LogP contribution in [0.25, 0.3) is 43.2 Å². The summed E-state index contributed by atoms with van der Waals surface area (Å²) in [6, 6.07) is 25.3. The second kappa shape index (κ2) is 19.3. The van der Waals surface area contributed by atoms with E-state index in [1.807, 2.05) is 61.5 Å². The van der Waals surface area contributed by atoms with Gasteiger partial charge in [0.2, 0.25) is 12.0 Å². The van der Waals surface area contributed by atoms with E-state index in [0.717, 1.165) is 38.3 Å². The lowest BCUT2D eigenvalue weighted by atomic mass is 9.94. The first-order chi connectivity index (χ1) is 30.2. The van der Waals surface area contributed by atoms with Gasteiger partial charge in [0.25, 0.3) is 0 Å². The molecule has 0 fully saturated rings. The number of nitrogens with zero attached hydrogens (tertiary/aromatic N) is 5. The molecule has 0 saturated carbocycles. The van der Waals surface area contributed by atoms with E-state index in [0.29, 0.717) is 88.8 Å². The fourth-order valence-electron chi connectivity index (χ4n) is 7.48. The van der Waals surface area contributed by atoms with Crippen molar-refractivity contribution in [2.75, 3.05) is 40.6 Å². The molecule has 0 unspecified atom stereocenters. The SMILES string of the molecule is COCCOCCN1Cc2ccc(OCc3ccnc(-c4ccccc4OC)n3)c(c2)C[C@H](C(=O)O)Oc2ncnc3sc(-c4ccc(F)cc4)c(c23)-c2ccc(c(Cl)c2C)C1. The molecule has 15 heteroatoms. The molecule has 2 aliphatic rings. The monoisotopic (exact) mass is 875 g/mol. The van der Waals surface area contributed by atoms with E-state index in [-0.39, 0.29) is 24.7 Å². The number of carboxylic acid groups (broad SMARTS) is 1. The summed E-state index contributed by atoms with van der Waals surface area (Å²) in [7, 11) is 3.23. The summed E-state index contributed by atoms with van der Waals surface area (Å²) in [6.45, 7) is 4.96. The van der Waals surface area contributed by atoms with Crippen LogP contribution in [0.5, 0.6) is 17.4 Å². The molecule has 5 heterocycles. The van der Waals surface area contributed by atoms with Crippen LogP contribution < -0.4 is 14.2 Å². The number of hydrogen-bond donors (Lipinski definition) is 1. The minimum Gasteiger partial charge on any atom is -0.496 e. The van der Waals surface area contributed by atoms with Crippen molar-refractivity contribution in [2.24, 2.45) is 0 Å². The molecule has 62 heavy (non-hydrogen) atoms. The van der Waals surface area contributed by atoms with Crippen molar-refractivity contribution in [1.82, 2.24) is 24.8 Å². The number of para-hydroxylation sites is 1. The highest BCUT2D eigenvalue weighted by atomic mass is 35.5. The average molecular weight is 876 g/mol. The summed E-state index contributed by atoms with van der Waals surface area (Å²) >= 11 is 8.66. The molecule has 3 aromatic heterocycles. The Kier molecular flexibility index (Phi) is 13.3. The summed E-state index contributed by atoms with van der Waals surface area (Å²) in [6.07, 6.45) is 1.56. The Labute approximate surface area is 366 Å². The van der Waals surface area contributed by atoms with Crippen molar-refractivity contribution in [3.05, 3.63) is 136 Å². The maximum Gasteiger partial charge on any atom is 0.345 e. The lowest BCUT2D eigenvalue weighted by molar-refractivity contribution is -0.145. The summed E-state index contributed by atoms with van der Waals surface area (Å²) in [5.74, 6) is 0.116. The minimum atomic E-state index is -1.39. The van der Waals surface area contributed by atoms with E-state index in [1.54, 1.807) is 38.6 Å². The number of ether oxygens (including phenoxy) is 5. The highest BCUT2D eigenvalue weighted by Crippen LogP contribution is 2.49. The van der Waals surface area contributed by atoms with Gasteiger partial charge in [0.15, 0.2) is 5.82 Å². The molecule has 7 aromatic rings. The molecule has 0 amide bonds.